The van der Waals surface area contributed by atoms with Gasteiger partial charge in [0.25, 0.3) is 0 Å². The lowest BCUT2D eigenvalue weighted by atomic mass is 9.94. The molecule has 0 unspecified atom stereocenters. The maximum Gasteiger partial charge on any atom is 0.407 e. The van der Waals surface area contributed by atoms with E-state index in [1.807, 2.05) is 6.92 Å². The number of alkyl halides is 3. The molecular weight excluding hydrogens is 239 g/mol. The molecule has 1 aromatic carbocycles. The number of nitrogens with two attached hydrogens (primary N) is 1. The van der Waals surface area contributed by atoms with Crippen molar-refractivity contribution in [3.05, 3.63) is 34.4 Å². The van der Waals surface area contributed by atoms with Crippen molar-refractivity contribution in [3.63, 3.8) is 0 Å². The normalized spacial score (nSPS) is 13.2. The maximum atomic E-state index is 12.5. The van der Waals surface area contributed by atoms with Gasteiger partial charge in [-0.05, 0) is 37.5 Å². The molecule has 1 aromatic rings. The van der Waals surface area contributed by atoms with Gasteiger partial charge in [-0.25, -0.2) is 0 Å². The van der Waals surface area contributed by atoms with Crippen LogP contribution in [0.5, 0.6) is 0 Å². The molecule has 0 radical (unpaired) electrons. The minimum absolute atomic E-state index is 0. The molecule has 0 aliphatic rings. The Bertz CT molecular complexity index is 351. The molecule has 0 spiro atoms. The van der Waals surface area contributed by atoms with Crippen LogP contribution in [0.25, 0.3) is 0 Å². The van der Waals surface area contributed by atoms with Crippen LogP contribution < -0.4 is 5.73 Å². The van der Waals surface area contributed by atoms with E-state index in [0.29, 0.717) is 11.1 Å². The van der Waals surface area contributed by atoms with Gasteiger partial charge in [-0.1, -0.05) is 17.7 Å². The zero-order chi connectivity index (χ0) is 11.8. The van der Waals surface area contributed by atoms with Gasteiger partial charge in [-0.2, -0.15) is 13.2 Å². The topological polar surface area (TPSA) is 26.0 Å². The van der Waals surface area contributed by atoms with Crippen LogP contribution in [-0.4, -0.2) is 6.18 Å². The second-order valence-corrected chi connectivity index (χ2v) is 3.83. The minimum atomic E-state index is -4.38. The number of aryl methyl sites for hydroxylation is 3. The molecule has 0 saturated carbocycles. The van der Waals surface area contributed by atoms with Gasteiger partial charge in [0.05, 0.1) is 0 Å². The van der Waals surface area contributed by atoms with Crippen LogP contribution in [0.15, 0.2) is 12.1 Å². The van der Waals surface area contributed by atoms with E-state index in [9.17, 15) is 13.2 Å². The third kappa shape index (κ3) is 3.12. The number of hydrogen-bond donors (Lipinski definition) is 1. The van der Waals surface area contributed by atoms with Gasteiger partial charge in [0.2, 0.25) is 0 Å². The fourth-order valence-corrected chi connectivity index (χ4v) is 1.85. The summed E-state index contributed by atoms with van der Waals surface area (Å²) < 4.78 is 37.4. The molecule has 1 rings (SSSR count). The van der Waals surface area contributed by atoms with E-state index in [-0.39, 0.29) is 18.0 Å². The Morgan fingerprint density at radius 2 is 1.44 bits per heavy atom. The molecule has 0 amide bonds. The average Bonchev–Trinajstić information content (AvgIpc) is 1.99. The summed E-state index contributed by atoms with van der Waals surface area (Å²) in [7, 11) is 0. The van der Waals surface area contributed by atoms with Crippen molar-refractivity contribution in [1.82, 2.24) is 0 Å². The highest BCUT2D eigenvalue weighted by atomic mass is 35.5. The Hall–Kier alpha value is -0.740. The van der Waals surface area contributed by atoms with Gasteiger partial charge in [0.15, 0.2) is 0 Å². The van der Waals surface area contributed by atoms with Crippen molar-refractivity contribution in [2.45, 2.75) is 33.0 Å². The lowest BCUT2D eigenvalue weighted by Crippen LogP contribution is -2.29. The summed E-state index contributed by atoms with van der Waals surface area (Å²) in [5, 5.41) is 0. The second kappa shape index (κ2) is 5.06. The monoisotopic (exact) mass is 253 g/mol. The minimum Gasteiger partial charge on any atom is -0.316 e. The molecule has 92 valence electrons. The highest BCUT2D eigenvalue weighted by molar-refractivity contribution is 5.85. The molecule has 1 nitrogen and oxygen atoms in total. The van der Waals surface area contributed by atoms with Crippen molar-refractivity contribution in [2.75, 3.05) is 0 Å². The first-order chi connectivity index (χ1) is 6.73. The molecule has 0 fully saturated rings. The molecule has 0 aliphatic carbocycles. The molecule has 0 aliphatic heterocycles. The van der Waals surface area contributed by atoms with E-state index in [0.717, 1.165) is 5.56 Å². The van der Waals surface area contributed by atoms with Gasteiger partial charge in [-0.3, -0.25) is 0 Å². The third-order valence-corrected chi connectivity index (χ3v) is 2.40. The quantitative estimate of drug-likeness (QED) is 0.813. The van der Waals surface area contributed by atoms with E-state index in [2.05, 4.69) is 0 Å². The SMILES string of the molecule is Cc1cc(C)c([C@H](N)C(F)(F)F)c(C)c1.Cl. The van der Waals surface area contributed by atoms with Crippen LogP contribution in [-0.2, 0) is 0 Å². The second-order valence-electron chi connectivity index (χ2n) is 3.83. The van der Waals surface area contributed by atoms with Crippen molar-refractivity contribution in [1.29, 1.82) is 0 Å². The Balaban J connectivity index is 0.00000225. The third-order valence-electron chi connectivity index (χ3n) is 2.40. The molecule has 0 aromatic heterocycles. The van der Waals surface area contributed by atoms with Crippen LogP contribution in [0.4, 0.5) is 13.2 Å². The van der Waals surface area contributed by atoms with Crippen LogP contribution in [0.2, 0.25) is 0 Å². The molecule has 0 saturated heterocycles. The summed E-state index contributed by atoms with van der Waals surface area (Å²) in [4.78, 5) is 0. The van der Waals surface area contributed by atoms with E-state index < -0.39 is 12.2 Å². The first-order valence-corrected chi connectivity index (χ1v) is 4.63. The average molecular weight is 254 g/mol. The Labute approximate surface area is 99.2 Å². The Kier molecular flexibility index (Phi) is 4.83. The predicted octanol–water partition coefficient (Wildman–Crippen LogP) is 3.60. The Morgan fingerprint density at radius 1 is 1.06 bits per heavy atom. The molecule has 2 N–H and O–H groups in total. The summed E-state index contributed by atoms with van der Waals surface area (Å²) in [5.41, 5.74) is 7.52. The van der Waals surface area contributed by atoms with E-state index >= 15 is 0 Å². The summed E-state index contributed by atoms with van der Waals surface area (Å²) in [6, 6.07) is 1.54. The predicted molar refractivity (Wildman–Crippen MR) is 60.9 cm³/mol. The number of halogens is 4. The maximum absolute atomic E-state index is 12.5. The molecule has 16 heavy (non-hydrogen) atoms. The van der Waals surface area contributed by atoms with Gasteiger partial charge in [-0.15, -0.1) is 12.4 Å². The van der Waals surface area contributed by atoms with Crippen LogP contribution in [0.1, 0.15) is 28.3 Å². The smallest absolute Gasteiger partial charge is 0.316 e. The Morgan fingerprint density at radius 3 is 1.75 bits per heavy atom. The lowest BCUT2D eigenvalue weighted by Gasteiger charge is -2.20. The summed E-state index contributed by atoms with van der Waals surface area (Å²) in [6.07, 6.45) is -4.38. The largest absolute Gasteiger partial charge is 0.407 e. The first-order valence-electron chi connectivity index (χ1n) is 4.63. The van der Waals surface area contributed by atoms with E-state index in [1.54, 1.807) is 26.0 Å². The van der Waals surface area contributed by atoms with Crippen molar-refractivity contribution in [3.8, 4) is 0 Å². The summed E-state index contributed by atoms with van der Waals surface area (Å²) in [5.74, 6) is 0. The molecule has 0 heterocycles. The van der Waals surface area contributed by atoms with Gasteiger partial charge in [0.1, 0.15) is 6.04 Å². The number of benzene rings is 1. The number of rotatable bonds is 1. The van der Waals surface area contributed by atoms with Gasteiger partial charge >= 0.3 is 6.18 Å². The van der Waals surface area contributed by atoms with E-state index in [1.165, 1.54) is 0 Å². The van der Waals surface area contributed by atoms with Crippen molar-refractivity contribution < 1.29 is 13.2 Å². The summed E-state index contributed by atoms with van der Waals surface area (Å²) >= 11 is 0. The summed E-state index contributed by atoms with van der Waals surface area (Å²) in [6.45, 7) is 5.16. The molecular formula is C11H15ClF3N. The molecule has 0 bridgehead atoms. The first kappa shape index (κ1) is 15.3. The number of hydrogen-bond acceptors (Lipinski definition) is 1. The van der Waals surface area contributed by atoms with Gasteiger partial charge < -0.3 is 5.73 Å². The van der Waals surface area contributed by atoms with Crippen molar-refractivity contribution >= 4 is 12.4 Å². The fourth-order valence-electron chi connectivity index (χ4n) is 1.85. The van der Waals surface area contributed by atoms with E-state index in [4.69, 9.17) is 5.73 Å². The standard InChI is InChI=1S/C11H14F3N.ClH/c1-6-4-7(2)9(8(3)5-6)10(15)11(12,13)14;/h4-5,10H,15H2,1-3H3;1H/t10-;/m0./s1. The van der Waals surface area contributed by atoms with Gasteiger partial charge in [0, 0.05) is 0 Å². The zero-order valence-corrected chi connectivity index (χ0v) is 10.2. The lowest BCUT2D eigenvalue weighted by molar-refractivity contribution is -0.149. The molecule has 1 atom stereocenters. The zero-order valence-electron chi connectivity index (χ0n) is 9.35. The van der Waals surface area contributed by atoms with Crippen molar-refractivity contribution in [2.24, 2.45) is 5.73 Å². The highest BCUT2D eigenvalue weighted by Crippen LogP contribution is 2.34. The van der Waals surface area contributed by atoms with Crippen LogP contribution in [0.3, 0.4) is 0 Å². The highest BCUT2D eigenvalue weighted by Gasteiger charge is 2.39. The fraction of sp³-hybridized carbons (Fsp3) is 0.455. The van der Waals surface area contributed by atoms with Crippen LogP contribution >= 0.6 is 12.4 Å². The van der Waals surface area contributed by atoms with Crippen LogP contribution in [0, 0.1) is 20.8 Å². The molecule has 5 heteroatoms.